The number of carbonyl (C=O) groups is 2. The number of amides is 1. The van der Waals surface area contributed by atoms with Gasteiger partial charge in [0.25, 0.3) is 0 Å². The minimum atomic E-state index is -1.25. The molecule has 124 valence electrons. The second-order valence-electron chi connectivity index (χ2n) is 7.05. The molecule has 0 fully saturated rings. The Morgan fingerprint density at radius 3 is 2.65 bits per heavy atom. The van der Waals surface area contributed by atoms with Crippen molar-refractivity contribution in [2.24, 2.45) is 11.3 Å². The maximum atomic E-state index is 11.8. The Morgan fingerprint density at radius 2 is 2.09 bits per heavy atom. The topological polar surface area (TPSA) is 93.0 Å². The van der Waals surface area contributed by atoms with Crippen molar-refractivity contribution in [3.8, 4) is 6.07 Å². The first-order valence-electron chi connectivity index (χ1n) is 7.76. The summed E-state index contributed by atoms with van der Waals surface area (Å²) in [6.07, 6.45) is 2.37. The van der Waals surface area contributed by atoms with Gasteiger partial charge in [-0.05, 0) is 42.6 Å². The van der Waals surface area contributed by atoms with E-state index in [0.717, 1.165) is 24.8 Å². The van der Waals surface area contributed by atoms with Gasteiger partial charge in [-0.15, -0.1) is 11.3 Å². The van der Waals surface area contributed by atoms with Crippen LogP contribution in [0.1, 0.15) is 56.0 Å². The maximum Gasteiger partial charge on any atom is 0.225 e. The van der Waals surface area contributed by atoms with Gasteiger partial charge < -0.3 is 15.2 Å². The van der Waals surface area contributed by atoms with E-state index in [1.807, 2.05) is 0 Å². The second kappa shape index (κ2) is 6.71. The van der Waals surface area contributed by atoms with Crippen LogP contribution in [0.3, 0.4) is 0 Å². The fourth-order valence-corrected chi connectivity index (χ4v) is 4.23. The van der Waals surface area contributed by atoms with Gasteiger partial charge in [0.05, 0.1) is 5.56 Å². The fraction of sp³-hybridized carbons (Fsp3) is 0.588. The maximum absolute atomic E-state index is 11.8. The summed E-state index contributed by atoms with van der Waals surface area (Å²) in [5, 5.41) is 23.1. The number of nitrogens with zero attached hydrogens (tertiary/aromatic N) is 1. The number of hydrogen-bond acceptors (Lipinski definition) is 5. The molecule has 0 aliphatic heterocycles. The van der Waals surface area contributed by atoms with Crippen molar-refractivity contribution in [2.45, 2.75) is 52.9 Å². The van der Waals surface area contributed by atoms with Gasteiger partial charge in [0.1, 0.15) is 11.1 Å². The van der Waals surface area contributed by atoms with E-state index in [-0.39, 0.29) is 18.3 Å². The summed E-state index contributed by atoms with van der Waals surface area (Å²) < 4.78 is 0. The van der Waals surface area contributed by atoms with Crippen LogP contribution in [-0.2, 0) is 22.4 Å². The summed E-state index contributed by atoms with van der Waals surface area (Å²) in [5.74, 6) is -1.09. The zero-order chi connectivity index (χ0) is 17.2. The number of carboxylic acids is 1. The number of nitriles is 1. The molecule has 0 spiro atoms. The zero-order valence-electron chi connectivity index (χ0n) is 13.7. The van der Waals surface area contributed by atoms with E-state index < -0.39 is 11.9 Å². The molecule has 1 heterocycles. The van der Waals surface area contributed by atoms with Crippen molar-refractivity contribution in [3.63, 3.8) is 0 Å². The number of aliphatic carboxylic acids is 1. The molecule has 0 bridgehead atoms. The van der Waals surface area contributed by atoms with E-state index in [9.17, 15) is 20.0 Å². The highest BCUT2D eigenvalue weighted by molar-refractivity contribution is 7.16. The molecule has 1 unspecified atom stereocenters. The Hall–Kier alpha value is -1.87. The lowest BCUT2D eigenvalue weighted by molar-refractivity contribution is -0.305. The molecule has 1 aromatic heterocycles. The number of carbonyl (C=O) groups excluding carboxylic acids is 2. The smallest absolute Gasteiger partial charge is 0.225 e. The highest BCUT2D eigenvalue weighted by Crippen LogP contribution is 2.43. The molecule has 23 heavy (non-hydrogen) atoms. The van der Waals surface area contributed by atoms with Crippen LogP contribution in [0.15, 0.2) is 0 Å². The summed E-state index contributed by atoms with van der Waals surface area (Å²) in [4.78, 5) is 23.4. The van der Waals surface area contributed by atoms with E-state index in [4.69, 9.17) is 0 Å². The molecule has 0 aromatic carbocycles. The normalized spacial score (nSPS) is 17.2. The van der Waals surface area contributed by atoms with Crippen molar-refractivity contribution in [1.29, 1.82) is 5.26 Å². The zero-order valence-corrected chi connectivity index (χ0v) is 14.5. The lowest BCUT2D eigenvalue weighted by Gasteiger charge is -2.33. The monoisotopic (exact) mass is 333 g/mol. The van der Waals surface area contributed by atoms with Gasteiger partial charge in [-0.25, -0.2) is 0 Å². The van der Waals surface area contributed by atoms with Gasteiger partial charge in [0.15, 0.2) is 0 Å². The number of nitrogens with one attached hydrogen (secondary N) is 1. The third-order valence-corrected chi connectivity index (χ3v) is 5.58. The summed E-state index contributed by atoms with van der Waals surface area (Å²) in [6, 6.07) is 2.19. The Morgan fingerprint density at radius 1 is 1.39 bits per heavy atom. The standard InChI is InChI=1S/C17H22N2O3S/c1-17(2,3)10-4-5-11-12(9-18)16(23-13(11)8-10)19-14(20)6-7-15(21)22/h10H,4-8H2,1-3H3,(H,19,20)(H,21,22)/p-1. The molecule has 1 aliphatic carbocycles. The van der Waals surface area contributed by atoms with Gasteiger partial charge in [-0.3, -0.25) is 4.79 Å². The van der Waals surface area contributed by atoms with Crippen molar-refractivity contribution in [3.05, 3.63) is 16.0 Å². The molecule has 1 atom stereocenters. The number of fused-ring (bicyclic) bond motifs is 1. The fourth-order valence-electron chi connectivity index (χ4n) is 2.94. The number of rotatable bonds is 4. The Bertz CT molecular complexity index is 665. The summed E-state index contributed by atoms with van der Waals surface area (Å²) in [5.41, 5.74) is 1.80. The first-order chi connectivity index (χ1) is 10.7. The molecule has 0 saturated carbocycles. The SMILES string of the molecule is CC(C)(C)C1CCc2c(sc(NC(=O)CCC(=O)[O-])c2C#N)C1. The van der Waals surface area contributed by atoms with E-state index >= 15 is 0 Å². The Kier molecular flexibility index (Phi) is 5.10. The predicted octanol–water partition coefficient (Wildman–Crippen LogP) is 2.24. The number of thiophene rings is 1. The second-order valence-corrected chi connectivity index (χ2v) is 8.15. The Balaban J connectivity index is 2.18. The molecule has 1 aromatic rings. The molecule has 0 radical (unpaired) electrons. The van der Waals surface area contributed by atoms with Crippen LogP contribution in [0.25, 0.3) is 0 Å². The van der Waals surface area contributed by atoms with Crippen molar-refractivity contribution in [2.75, 3.05) is 5.32 Å². The quantitative estimate of drug-likeness (QED) is 0.914. The van der Waals surface area contributed by atoms with Crippen molar-refractivity contribution >= 4 is 28.2 Å². The average molecular weight is 333 g/mol. The van der Waals surface area contributed by atoms with E-state index in [0.29, 0.717) is 16.5 Å². The number of anilines is 1. The van der Waals surface area contributed by atoms with Crippen LogP contribution < -0.4 is 10.4 Å². The molecule has 5 nitrogen and oxygen atoms in total. The largest absolute Gasteiger partial charge is 0.550 e. The molecule has 6 heteroatoms. The summed E-state index contributed by atoms with van der Waals surface area (Å²) >= 11 is 1.45. The number of hydrogen-bond donors (Lipinski definition) is 1. The first kappa shape index (κ1) is 17.5. The van der Waals surface area contributed by atoms with E-state index in [1.165, 1.54) is 16.2 Å². The van der Waals surface area contributed by atoms with Gasteiger partial charge in [-0.1, -0.05) is 20.8 Å². The summed E-state index contributed by atoms with van der Waals surface area (Å²) in [6.45, 7) is 6.68. The van der Waals surface area contributed by atoms with Gasteiger partial charge in [-0.2, -0.15) is 5.26 Å². The Labute approximate surface area is 140 Å². The third-order valence-electron chi connectivity index (χ3n) is 4.41. The average Bonchev–Trinajstić information content (AvgIpc) is 2.80. The van der Waals surface area contributed by atoms with Crippen LogP contribution in [0, 0.1) is 22.7 Å². The van der Waals surface area contributed by atoms with E-state index in [2.05, 4.69) is 32.2 Å². The van der Waals surface area contributed by atoms with Gasteiger partial charge >= 0.3 is 0 Å². The molecule has 2 rings (SSSR count). The van der Waals surface area contributed by atoms with Crippen LogP contribution >= 0.6 is 11.3 Å². The van der Waals surface area contributed by atoms with Gasteiger partial charge in [0.2, 0.25) is 5.91 Å². The minimum Gasteiger partial charge on any atom is -0.550 e. The molecular weight excluding hydrogens is 312 g/mol. The van der Waals surface area contributed by atoms with Crippen molar-refractivity contribution < 1.29 is 14.7 Å². The lowest BCUT2D eigenvalue weighted by Crippen LogP contribution is -2.26. The third kappa shape index (κ3) is 4.11. The predicted molar refractivity (Wildman–Crippen MR) is 86.9 cm³/mol. The molecule has 1 amide bonds. The minimum absolute atomic E-state index is 0.139. The molecular formula is C17H21N2O3S-. The highest BCUT2D eigenvalue weighted by Gasteiger charge is 2.32. The lowest BCUT2D eigenvalue weighted by atomic mass is 9.72. The van der Waals surface area contributed by atoms with Crippen molar-refractivity contribution in [1.82, 2.24) is 0 Å². The van der Waals surface area contributed by atoms with E-state index in [1.54, 1.807) is 0 Å². The van der Waals surface area contributed by atoms with Crippen LogP contribution in [0.2, 0.25) is 0 Å². The van der Waals surface area contributed by atoms with Crippen LogP contribution in [0.5, 0.6) is 0 Å². The molecule has 0 saturated heterocycles. The molecule has 1 N–H and O–H groups in total. The first-order valence-corrected chi connectivity index (χ1v) is 8.58. The van der Waals surface area contributed by atoms with Crippen LogP contribution in [0.4, 0.5) is 5.00 Å². The molecule has 1 aliphatic rings. The van der Waals surface area contributed by atoms with Gasteiger partial charge in [0, 0.05) is 17.3 Å². The summed E-state index contributed by atoms with van der Waals surface area (Å²) in [7, 11) is 0. The number of carboxylic acid groups (broad SMARTS) is 1. The highest BCUT2D eigenvalue weighted by atomic mass is 32.1. The van der Waals surface area contributed by atoms with Crippen LogP contribution in [-0.4, -0.2) is 11.9 Å².